The molecule has 3 aromatic rings. The summed E-state index contributed by atoms with van der Waals surface area (Å²) in [4.78, 5) is 35.1. The molecule has 1 N–H and O–H groups in total. The van der Waals surface area contributed by atoms with E-state index in [2.05, 4.69) is 31.8 Å². The molecule has 0 radical (unpaired) electrons. The lowest BCUT2D eigenvalue weighted by molar-refractivity contribution is 0.202. The number of pyridine rings is 1. The van der Waals surface area contributed by atoms with Crippen molar-refractivity contribution in [1.82, 2.24) is 29.8 Å². The summed E-state index contributed by atoms with van der Waals surface area (Å²) in [6.07, 6.45) is 9.24. The summed E-state index contributed by atoms with van der Waals surface area (Å²) < 4.78 is 0. The number of H-pyrrole nitrogens is 1. The molecule has 1 fully saturated rings. The zero-order chi connectivity index (χ0) is 20.1. The Hall–Kier alpha value is -2.58. The van der Waals surface area contributed by atoms with E-state index in [-0.39, 0.29) is 5.56 Å². The Balaban J connectivity index is 1.39. The molecule has 0 amide bonds. The Morgan fingerprint density at radius 2 is 2.00 bits per heavy atom. The van der Waals surface area contributed by atoms with Crippen LogP contribution in [0.3, 0.4) is 0 Å². The van der Waals surface area contributed by atoms with Crippen molar-refractivity contribution in [3.05, 3.63) is 64.6 Å². The van der Waals surface area contributed by atoms with Gasteiger partial charge in [-0.3, -0.25) is 14.7 Å². The van der Waals surface area contributed by atoms with Crippen LogP contribution >= 0.6 is 11.8 Å². The second-order valence-corrected chi connectivity index (χ2v) is 8.35. The highest BCUT2D eigenvalue weighted by Crippen LogP contribution is 2.27. The van der Waals surface area contributed by atoms with E-state index in [1.54, 1.807) is 30.2 Å². The molecule has 1 saturated heterocycles. The van der Waals surface area contributed by atoms with Crippen molar-refractivity contribution in [2.24, 2.45) is 0 Å². The van der Waals surface area contributed by atoms with E-state index in [4.69, 9.17) is 4.98 Å². The average molecular weight is 409 g/mol. The van der Waals surface area contributed by atoms with Crippen LogP contribution in [0.2, 0.25) is 0 Å². The van der Waals surface area contributed by atoms with E-state index in [1.165, 1.54) is 0 Å². The van der Waals surface area contributed by atoms with Crippen LogP contribution in [0.15, 0.2) is 52.9 Å². The van der Waals surface area contributed by atoms with Crippen molar-refractivity contribution < 1.29 is 0 Å². The third-order valence-corrected chi connectivity index (χ3v) is 5.82. The molecule has 150 valence electrons. The first-order chi connectivity index (χ1) is 14.2. The van der Waals surface area contributed by atoms with Gasteiger partial charge in [0, 0.05) is 54.4 Å². The lowest BCUT2D eigenvalue weighted by atomic mass is 9.93. The van der Waals surface area contributed by atoms with Crippen molar-refractivity contribution >= 4 is 11.8 Å². The van der Waals surface area contributed by atoms with Gasteiger partial charge in [0.05, 0.1) is 5.69 Å². The number of thioether (sulfide) groups is 1. The minimum atomic E-state index is -0.113. The smallest absolute Gasteiger partial charge is 0.251 e. The second-order valence-electron chi connectivity index (χ2n) is 7.12. The molecule has 29 heavy (non-hydrogen) atoms. The number of nitrogens with zero attached hydrogens (tertiary/aromatic N) is 5. The molecule has 7 nitrogen and oxygen atoms in total. The first kappa shape index (κ1) is 19.7. The second kappa shape index (κ2) is 9.28. The molecule has 0 unspecified atom stereocenters. The molecule has 0 atom stereocenters. The molecule has 4 heterocycles. The quantitative estimate of drug-likeness (QED) is 0.495. The molecule has 4 rings (SSSR count). The molecule has 0 aliphatic carbocycles. The van der Waals surface area contributed by atoms with E-state index in [0.29, 0.717) is 11.7 Å². The van der Waals surface area contributed by atoms with Crippen LogP contribution in [-0.2, 0) is 6.54 Å². The minimum absolute atomic E-state index is 0.113. The maximum Gasteiger partial charge on any atom is 0.251 e. The van der Waals surface area contributed by atoms with Crippen molar-refractivity contribution in [2.45, 2.75) is 37.4 Å². The van der Waals surface area contributed by atoms with Gasteiger partial charge in [-0.2, -0.15) is 0 Å². The van der Waals surface area contributed by atoms with Gasteiger partial charge in [0.25, 0.3) is 5.56 Å². The summed E-state index contributed by atoms with van der Waals surface area (Å²) in [5.74, 6) is 1.86. The average Bonchev–Trinajstić information content (AvgIpc) is 2.76. The van der Waals surface area contributed by atoms with Crippen LogP contribution in [0.1, 0.15) is 36.9 Å². The van der Waals surface area contributed by atoms with Gasteiger partial charge in [0.2, 0.25) is 0 Å². The molecule has 0 spiro atoms. The highest BCUT2D eigenvalue weighted by atomic mass is 32.2. The highest BCUT2D eigenvalue weighted by Gasteiger charge is 2.23. The number of aromatic nitrogens is 5. The number of aromatic amines is 1. The maximum absolute atomic E-state index is 12.2. The van der Waals surface area contributed by atoms with E-state index < -0.39 is 0 Å². The number of likely N-dealkylation sites (tertiary alicyclic amines) is 1. The SMILES string of the molecule is CCSc1ncc(CN2CCC(c3cc(=O)[nH]c(-c4cccnc4)n3)CC2)cn1. The van der Waals surface area contributed by atoms with E-state index in [1.807, 2.05) is 24.5 Å². The topological polar surface area (TPSA) is 87.7 Å². The van der Waals surface area contributed by atoms with Gasteiger partial charge in [-0.05, 0) is 43.8 Å². The van der Waals surface area contributed by atoms with Crippen molar-refractivity contribution in [2.75, 3.05) is 18.8 Å². The molecule has 1 aliphatic heterocycles. The zero-order valence-corrected chi connectivity index (χ0v) is 17.2. The minimum Gasteiger partial charge on any atom is -0.306 e. The van der Waals surface area contributed by atoms with Gasteiger partial charge in [0.1, 0.15) is 5.82 Å². The summed E-state index contributed by atoms with van der Waals surface area (Å²) in [6.45, 7) is 4.88. The third kappa shape index (κ3) is 5.07. The van der Waals surface area contributed by atoms with Gasteiger partial charge in [0.15, 0.2) is 5.16 Å². The molecule has 1 aliphatic rings. The first-order valence-electron chi connectivity index (χ1n) is 9.89. The van der Waals surface area contributed by atoms with E-state index >= 15 is 0 Å². The van der Waals surface area contributed by atoms with E-state index in [9.17, 15) is 4.79 Å². The molecule has 8 heteroatoms. The highest BCUT2D eigenvalue weighted by molar-refractivity contribution is 7.99. The number of piperidine rings is 1. The number of hydrogen-bond donors (Lipinski definition) is 1. The molecule has 3 aromatic heterocycles. The van der Waals surface area contributed by atoms with E-state index in [0.717, 1.165) is 60.2 Å². The number of hydrogen-bond acceptors (Lipinski definition) is 7. The van der Waals surface area contributed by atoms with Gasteiger partial charge < -0.3 is 4.98 Å². The lowest BCUT2D eigenvalue weighted by Crippen LogP contribution is -2.33. The fraction of sp³-hybridized carbons (Fsp3) is 0.381. The van der Waals surface area contributed by atoms with Crippen LogP contribution in [0.5, 0.6) is 0 Å². The van der Waals surface area contributed by atoms with Crippen LogP contribution in [-0.4, -0.2) is 48.7 Å². The Morgan fingerprint density at radius 3 is 2.69 bits per heavy atom. The lowest BCUT2D eigenvalue weighted by Gasteiger charge is -2.31. The first-order valence-corrected chi connectivity index (χ1v) is 10.9. The van der Waals surface area contributed by atoms with Crippen LogP contribution in [0, 0.1) is 0 Å². The number of rotatable bonds is 6. The molecule has 0 aromatic carbocycles. The summed E-state index contributed by atoms with van der Waals surface area (Å²) >= 11 is 1.65. The van der Waals surface area contributed by atoms with Crippen LogP contribution < -0.4 is 5.56 Å². The fourth-order valence-electron chi connectivity index (χ4n) is 3.60. The van der Waals surface area contributed by atoms with Crippen LogP contribution in [0.25, 0.3) is 11.4 Å². The largest absolute Gasteiger partial charge is 0.306 e. The predicted molar refractivity (Wildman–Crippen MR) is 114 cm³/mol. The molecule has 0 bridgehead atoms. The predicted octanol–water partition coefficient (Wildman–Crippen LogP) is 3.11. The number of nitrogens with one attached hydrogen (secondary N) is 1. The summed E-state index contributed by atoms with van der Waals surface area (Å²) in [7, 11) is 0. The monoisotopic (exact) mass is 408 g/mol. The third-order valence-electron chi connectivity index (χ3n) is 5.06. The van der Waals surface area contributed by atoms with Gasteiger partial charge in [-0.1, -0.05) is 18.7 Å². The van der Waals surface area contributed by atoms with Crippen molar-refractivity contribution in [1.29, 1.82) is 0 Å². The van der Waals surface area contributed by atoms with Gasteiger partial charge >= 0.3 is 0 Å². The fourth-order valence-corrected chi connectivity index (χ4v) is 4.11. The van der Waals surface area contributed by atoms with Gasteiger partial charge in [-0.25, -0.2) is 15.0 Å². The molecule has 0 saturated carbocycles. The normalized spacial score (nSPS) is 15.5. The summed E-state index contributed by atoms with van der Waals surface area (Å²) in [6, 6.07) is 5.39. The van der Waals surface area contributed by atoms with Crippen LogP contribution in [0.4, 0.5) is 0 Å². The Bertz CT molecular complexity index is 984. The van der Waals surface area contributed by atoms with Crippen molar-refractivity contribution in [3.63, 3.8) is 0 Å². The molecular formula is C21H24N6OS. The summed E-state index contributed by atoms with van der Waals surface area (Å²) in [5.41, 5.74) is 2.72. The Morgan fingerprint density at radius 1 is 1.21 bits per heavy atom. The molecular weight excluding hydrogens is 384 g/mol. The Kier molecular flexibility index (Phi) is 6.31. The standard InChI is InChI=1S/C21H24N6OS/c1-2-29-21-23-11-15(12-24-21)14-27-8-5-16(6-9-27)18-10-19(28)26-20(25-18)17-4-3-7-22-13-17/h3-4,7,10-13,16H,2,5-6,8-9,14H2,1H3,(H,25,26,28). The maximum atomic E-state index is 12.2. The summed E-state index contributed by atoms with van der Waals surface area (Å²) in [5, 5.41) is 0.833. The zero-order valence-electron chi connectivity index (χ0n) is 16.4. The van der Waals surface area contributed by atoms with Crippen molar-refractivity contribution in [3.8, 4) is 11.4 Å². The Labute approximate surface area is 174 Å². The van der Waals surface area contributed by atoms with Gasteiger partial charge in [-0.15, -0.1) is 0 Å².